The minimum Gasteiger partial charge on any atom is -0.352 e. The number of hydrogen-bond acceptors (Lipinski definition) is 3. The average molecular weight is 255 g/mol. The molecule has 0 saturated heterocycles. The molecule has 0 unspecified atom stereocenters. The smallest absolute Gasteiger partial charge is 0.226 e. The monoisotopic (exact) mass is 255 g/mol. The molecule has 0 aliphatic heterocycles. The summed E-state index contributed by atoms with van der Waals surface area (Å²) in [5.74, 6) is -0.0366. The second kappa shape index (κ2) is 6.66. The Balaban J connectivity index is 1.90. The van der Waals surface area contributed by atoms with E-state index in [1.165, 1.54) is 0 Å². The highest BCUT2D eigenvalue weighted by molar-refractivity contribution is 5.78. The van der Waals surface area contributed by atoms with Gasteiger partial charge in [0, 0.05) is 25.0 Å². The Labute approximate surface area is 112 Å². The maximum atomic E-state index is 11.8. The summed E-state index contributed by atoms with van der Waals surface area (Å²) in [5.41, 5.74) is 8.54. The van der Waals surface area contributed by atoms with Crippen molar-refractivity contribution in [2.45, 2.75) is 19.5 Å². The van der Waals surface area contributed by atoms with Crippen LogP contribution in [0.5, 0.6) is 0 Å². The molecular formula is C15H17N3O. The maximum absolute atomic E-state index is 11.8. The van der Waals surface area contributed by atoms with Crippen molar-refractivity contribution in [3.63, 3.8) is 0 Å². The first-order valence-corrected chi connectivity index (χ1v) is 6.23. The van der Waals surface area contributed by atoms with Crippen molar-refractivity contribution in [2.75, 3.05) is 0 Å². The first-order valence-electron chi connectivity index (χ1n) is 6.23. The molecule has 0 atom stereocenters. The summed E-state index contributed by atoms with van der Waals surface area (Å²) in [7, 11) is 0. The number of pyridine rings is 1. The molecule has 0 saturated carbocycles. The van der Waals surface area contributed by atoms with Gasteiger partial charge < -0.3 is 11.1 Å². The van der Waals surface area contributed by atoms with Crippen LogP contribution in [0.2, 0.25) is 0 Å². The standard InChI is InChI=1S/C15H17N3O/c16-10-12-5-1-2-6-13(12)11-18-15(19)9-14-7-3-4-8-17-14/h1-8H,9-11,16H2,(H,18,19). The van der Waals surface area contributed by atoms with E-state index in [1.54, 1.807) is 6.20 Å². The Morgan fingerprint density at radius 2 is 1.84 bits per heavy atom. The van der Waals surface area contributed by atoms with Gasteiger partial charge in [-0.15, -0.1) is 0 Å². The highest BCUT2D eigenvalue weighted by atomic mass is 16.1. The lowest BCUT2D eigenvalue weighted by Crippen LogP contribution is -2.25. The lowest BCUT2D eigenvalue weighted by molar-refractivity contribution is -0.120. The summed E-state index contributed by atoms with van der Waals surface area (Å²) in [6.45, 7) is 0.978. The van der Waals surface area contributed by atoms with Crippen LogP contribution >= 0.6 is 0 Å². The molecule has 0 radical (unpaired) electrons. The largest absolute Gasteiger partial charge is 0.352 e. The van der Waals surface area contributed by atoms with Crippen molar-refractivity contribution in [3.05, 3.63) is 65.5 Å². The first kappa shape index (κ1) is 13.2. The minimum absolute atomic E-state index is 0.0366. The van der Waals surface area contributed by atoms with Crippen LogP contribution in [0.4, 0.5) is 0 Å². The number of nitrogens with two attached hydrogens (primary N) is 1. The SMILES string of the molecule is NCc1ccccc1CNC(=O)Cc1ccccn1. The molecule has 0 bridgehead atoms. The fraction of sp³-hybridized carbons (Fsp3) is 0.200. The van der Waals surface area contributed by atoms with E-state index >= 15 is 0 Å². The van der Waals surface area contributed by atoms with Gasteiger partial charge in [-0.3, -0.25) is 9.78 Å². The van der Waals surface area contributed by atoms with Crippen LogP contribution in [0.15, 0.2) is 48.7 Å². The molecule has 1 aromatic carbocycles. The molecule has 0 aliphatic rings. The molecule has 0 spiro atoms. The predicted octanol–water partition coefficient (Wildman–Crippen LogP) is 1.40. The van der Waals surface area contributed by atoms with E-state index in [0.717, 1.165) is 16.8 Å². The van der Waals surface area contributed by atoms with Crippen molar-refractivity contribution in [1.82, 2.24) is 10.3 Å². The zero-order chi connectivity index (χ0) is 13.5. The van der Waals surface area contributed by atoms with Crippen molar-refractivity contribution in [2.24, 2.45) is 5.73 Å². The molecule has 3 N–H and O–H groups in total. The lowest BCUT2D eigenvalue weighted by Gasteiger charge is -2.09. The van der Waals surface area contributed by atoms with Gasteiger partial charge in [-0.25, -0.2) is 0 Å². The number of amides is 1. The summed E-state index contributed by atoms with van der Waals surface area (Å²) < 4.78 is 0. The Bertz CT molecular complexity index is 540. The fourth-order valence-electron chi connectivity index (χ4n) is 1.85. The average Bonchev–Trinajstić information content (AvgIpc) is 2.46. The molecule has 4 nitrogen and oxygen atoms in total. The number of carbonyl (C=O) groups is 1. The van der Waals surface area contributed by atoms with Crippen LogP contribution in [0.3, 0.4) is 0 Å². The molecule has 1 heterocycles. The minimum atomic E-state index is -0.0366. The number of aromatic nitrogens is 1. The molecule has 2 aromatic rings. The van der Waals surface area contributed by atoms with Crippen LogP contribution in [0.25, 0.3) is 0 Å². The van der Waals surface area contributed by atoms with E-state index < -0.39 is 0 Å². The summed E-state index contributed by atoms with van der Waals surface area (Å²) in [6.07, 6.45) is 1.98. The van der Waals surface area contributed by atoms with E-state index in [9.17, 15) is 4.79 Å². The predicted molar refractivity (Wildman–Crippen MR) is 74.1 cm³/mol. The Kier molecular flexibility index (Phi) is 4.64. The van der Waals surface area contributed by atoms with Gasteiger partial charge in [-0.2, -0.15) is 0 Å². The van der Waals surface area contributed by atoms with Crippen LogP contribution in [0, 0.1) is 0 Å². The summed E-state index contributed by atoms with van der Waals surface area (Å²) in [5, 5.41) is 2.89. The number of nitrogens with zero attached hydrogens (tertiary/aromatic N) is 1. The van der Waals surface area contributed by atoms with Gasteiger partial charge in [0.05, 0.1) is 6.42 Å². The Morgan fingerprint density at radius 3 is 2.53 bits per heavy atom. The molecule has 98 valence electrons. The van der Waals surface area contributed by atoms with Gasteiger partial charge in [-0.05, 0) is 23.3 Å². The van der Waals surface area contributed by atoms with Gasteiger partial charge in [0.25, 0.3) is 0 Å². The normalized spacial score (nSPS) is 10.2. The third kappa shape index (κ3) is 3.89. The summed E-state index contributed by atoms with van der Waals surface area (Å²) in [6, 6.07) is 13.4. The molecule has 19 heavy (non-hydrogen) atoms. The number of hydrogen-bond donors (Lipinski definition) is 2. The van der Waals surface area contributed by atoms with Gasteiger partial charge in [-0.1, -0.05) is 30.3 Å². The molecule has 4 heteroatoms. The van der Waals surface area contributed by atoms with E-state index in [1.807, 2.05) is 42.5 Å². The highest BCUT2D eigenvalue weighted by Gasteiger charge is 2.05. The lowest BCUT2D eigenvalue weighted by atomic mass is 10.1. The van der Waals surface area contributed by atoms with Crippen LogP contribution in [-0.2, 0) is 24.3 Å². The second-order valence-electron chi connectivity index (χ2n) is 4.25. The zero-order valence-electron chi connectivity index (χ0n) is 10.7. The van der Waals surface area contributed by atoms with Crippen LogP contribution in [0.1, 0.15) is 16.8 Å². The fourth-order valence-corrected chi connectivity index (χ4v) is 1.85. The molecule has 0 aliphatic carbocycles. The van der Waals surface area contributed by atoms with Gasteiger partial charge in [0.15, 0.2) is 0 Å². The summed E-state index contributed by atoms with van der Waals surface area (Å²) in [4.78, 5) is 15.9. The Morgan fingerprint density at radius 1 is 1.11 bits per heavy atom. The number of nitrogens with one attached hydrogen (secondary N) is 1. The van der Waals surface area contributed by atoms with Crippen LogP contribution < -0.4 is 11.1 Å². The molecule has 1 aromatic heterocycles. The van der Waals surface area contributed by atoms with Crippen molar-refractivity contribution in [1.29, 1.82) is 0 Å². The number of rotatable bonds is 5. The zero-order valence-corrected chi connectivity index (χ0v) is 10.7. The molecular weight excluding hydrogens is 238 g/mol. The van der Waals surface area contributed by atoms with E-state index in [0.29, 0.717) is 19.5 Å². The number of carbonyl (C=O) groups excluding carboxylic acids is 1. The molecule has 1 amide bonds. The van der Waals surface area contributed by atoms with E-state index in [2.05, 4.69) is 10.3 Å². The van der Waals surface area contributed by atoms with Crippen molar-refractivity contribution >= 4 is 5.91 Å². The van der Waals surface area contributed by atoms with E-state index in [4.69, 9.17) is 5.73 Å². The first-order chi connectivity index (χ1) is 9.29. The highest BCUT2D eigenvalue weighted by Crippen LogP contribution is 2.07. The van der Waals surface area contributed by atoms with Gasteiger partial charge >= 0.3 is 0 Å². The Hall–Kier alpha value is -2.20. The molecule has 2 rings (SSSR count). The molecule has 0 fully saturated rings. The third-order valence-corrected chi connectivity index (χ3v) is 2.88. The second-order valence-corrected chi connectivity index (χ2v) is 4.25. The van der Waals surface area contributed by atoms with E-state index in [-0.39, 0.29) is 5.91 Å². The van der Waals surface area contributed by atoms with Crippen molar-refractivity contribution in [3.8, 4) is 0 Å². The van der Waals surface area contributed by atoms with Crippen LogP contribution in [-0.4, -0.2) is 10.9 Å². The summed E-state index contributed by atoms with van der Waals surface area (Å²) >= 11 is 0. The third-order valence-electron chi connectivity index (χ3n) is 2.88. The van der Waals surface area contributed by atoms with Crippen molar-refractivity contribution < 1.29 is 4.79 Å². The maximum Gasteiger partial charge on any atom is 0.226 e. The van der Waals surface area contributed by atoms with Gasteiger partial charge in [0.2, 0.25) is 5.91 Å². The topological polar surface area (TPSA) is 68.0 Å². The van der Waals surface area contributed by atoms with Gasteiger partial charge in [0.1, 0.15) is 0 Å². The number of benzene rings is 1. The quantitative estimate of drug-likeness (QED) is 0.848.